The molecule has 1 unspecified atom stereocenters. The molecule has 0 rings (SSSR count). The van der Waals surface area contributed by atoms with Gasteiger partial charge in [0.1, 0.15) is 6.10 Å². The molecule has 1 atom stereocenters. The Balaban J connectivity index is 2.94. The fourth-order valence-electron chi connectivity index (χ4n) is 0. The van der Waals surface area contributed by atoms with Crippen LogP contribution in [-0.4, -0.2) is 11.2 Å². The van der Waals surface area contributed by atoms with Gasteiger partial charge in [0.15, 0.2) is 0 Å². The molecule has 1 N–H and O–H groups in total. The van der Waals surface area contributed by atoms with Gasteiger partial charge < -0.3 is 5.11 Å². The summed E-state index contributed by atoms with van der Waals surface area (Å²) >= 11 is 0. The molecule has 0 aromatic carbocycles. The van der Waals surface area contributed by atoms with Crippen LogP contribution in [0.25, 0.3) is 0 Å². The summed E-state index contributed by atoms with van der Waals surface area (Å²) in [5.41, 5.74) is 0. The molecular formula is C4H5O. The first-order chi connectivity index (χ1) is 2.27. The van der Waals surface area contributed by atoms with Gasteiger partial charge in [-0.3, -0.25) is 0 Å². The minimum atomic E-state index is -0.699. The predicted octanol–water partition coefficient (Wildman–Crippen LogP) is -0.0430. The molecule has 0 saturated carbocycles. The van der Waals surface area contributed by atoms with Crippen LogP contribution < -0.4 is 0 Å². The zero-order valence-corrected chi connectivity index (χ0v) is 3.02. The van der Waals surface area contributed by atoms with E-state index in [1.807, 2.05) is 5.92 Å². The van der Waals surface area contributed by atoms with Gasteiger partial charge in [0, 0.05) is 0 Å². The van der Waals surface area contributed by atoms with Crippen LogP contribution in [0.15, 0.2) is 0 Å². The quantitative estimate of drug-likeness (QED) is 0.395. The first kappa shape index (κ1) is 4.52. The zero-order valence-electron chi connectivity index (χ0n) is 3.02. The van der Waals surface area contributed by atoms with Crippen LogP contribution >= 0.6 is 0 Å². The maximum absolute atomic E-state index is 8.06. The van der Waals surface area contributed by atoms with Crippen molar-refractivity contribution in [2.24, 2.45) is 0 Å². The molecule has 0 aromatic rings. The Labute approximate surface area is 31.6 Å². The lowest BCUT2D eigenvalue weighted by molar-refractivity contribution is 0.253. The molecule has 0 aliphatic carbocycles. The van der Waals surface area contributed by atoms with Gasteiger partial charge in [-0.25, -0.2) is 0 Å². The summed E-state index contributed by atoms with van der Waals surface area (Å²) in [6.45, 7) is 1.48. The van der Waals surface area contributed by atoms with Gasteiger partial charge in [0.25, 0.3) is 0 Å². The Kier molecular flexibility index (Phi) is 1.63. The van der Waals surface area contributed by atoms with E-state index in [0.29, 0.717) is 0 Å². The molecule has 0 aliphatic heterocycles. The van der Waals surface area contributed by atoms with Crippen molar-refractivity contribution in [1.82, 2.24) is 0 Å². The molecule has 0 amide bonds. The van der Waals surface area contributed by atoms with Gasteiger partial charge >= 0.3 is 0 Å². The summed E-state index contributed by atoms with van der Waals surface area (Å²) in [5.74, 6) is 1.83. The summed E-state index contributed by atoms with van der Waals surface area (Å²) in [6.07, 6.45) is 5.46. The van der Waals surface area contributed by atoms with Crippen molar-refractivity contribution in [2.45, 2.75) is 13.0 Å². The normalized spacial score (nSPS) is 13.0. The Morgan fingerprint density at radius 3 is 2.20 bits per heavy atom. The van der Waals surface area contributed by atoms with Crippen LogP contribution in [0.1, 0.15) is 6.92 Å². The van der Waals surface area contributed by atoms with E-state index in [1.54, 1.807) is 0 Å². The zero-order chi connectivity index (χ0) is 4.28. The smallest absolute Gasteiger partial charge is 0.112 e. The van der Waals surface area contributed by atoms with Gasteiger partial charge in [-0.1, -0.05) is 5.92 Å². The van der Waals surface area contributed by atoms with Gasteiger partial charge in [0.2, 0.25) is 0 Å². The minimum absolute atomic E-state index is 0.699. The van der Waals surface area contributed by atoms with Crippen LogP contribution in [-0.2, 0) is 0 Å². The average Bonchev–Trinajstić information content (AvgIpc) is 1.38. The molecule has 0 saturated heterocycles. The molecule has 5 heavy (non-hydrogen) atoms. The van der Waals surface area contributed by atoms with E-state index in [2.05, 4.69) is 0 Å². The van der Waals surface area contributed by atoms with E-state index >= 15 is 0 Å². The number of aliphatic hydroxyl groups is 1. The highest BCUT2D eigenvalue weighted by Crippen LogP contribution is 1.66. The Morgan fingerprint density at radius 2 is 2.20 bits per heavy atom. The first-order valence-electron chi connectivity index (χ1n) is 1.37. The summed E-state index contributed by atoms with van der Waals surface area (Å²) in [6, 6.07) is 0. The van der Waals surface area contributed by atoms with E-state index in [1.165, 1.54) is 6.92 Å². The molecule has 0 heterocycles. The lowest BCUT2D eigenvalue weighted by atomic mass is 10.4. The van der Waals surface area contributed by atoms with Gasteiger partial charge in [-0.05, 0) is 13.3 Å². The summed E-state index contributed by atoms with van der Waals surface area (Å²) < 4.78 is 0. The van der Waals surface area contributed by atoms with Crippen LogP contribution in [0, 0.1) is 12.3 Å². The summed E-state index contributed by atoms with van der Waals surface area (Å²) in [4.78, 5) is 0. The van der Waals surface area contributed by atoms with Gasteiger partial charge in [-0.15, -0.1) is 0 Å². The maximum Gasteiger partial charge on any atom is 0.112 e. The standard InChI is InChI=1S/C4H5O/c1-3-4(2)5/h4-5H,2H3. The average molecular weight is 69.1 g/mol. The fraction of sp³-hybridized carbons (Fsp3) is 0.500. The van der Waals surface area contributed by atoms with Crippen molar-refractivity contribution in [3.63, 3.8) is 0 Å². The molecule has 1 nitrogen and oxygen atoms in total. The van der Waals surface area contributed by atoms with Crippen molar-refractivity contribution in [3.8, 4) is 5.92 Å². The van der Waals surface area contributed by atoms with E-state index < -0.39 is 6.10 Å². The Hall–Kier alpha value is -0.480. The molecule has 0 aliphatic rings. The van der Waals surface area contributed by atoms with Crippen LogP contribution in [0.2, 0.25) is 0 Å². The van der Waals surface area contributed by atoms with Crippen LogP contribution in [0.3, 0.4) is 0 Å². The number of rotatable bonds is 0. The van der Waals surface area contributed by atoms with Crippen LogP contribution in [0.4, 0.5) is 0 Å². The Morgan fingerprint density at radius 1 is 2.00 bits per heavy atom. The van der Waals surface area contributed by atoms with Crippen LogP contribution in [0.5, 0.6) is 0 Å². The van der Waals surface area contributed by atoms with Crippen molar-refractivity contribution < 1.29 is 5.11 Å². The molecule has 0 aromatic heterocycles. The third-order valence-electron chi connectivity index (χ3n) is 0.209. The number of hydrogen-bond acceptors (Lipinski definition) is 1. The summed E-state index contributed by atoms with van der Waals surface area (Å²) in [7, 11) is 0. The molecule has 0 fully saturated rings. The number of hydrogen-bond donors (Lipinski definition) is 1. The summed E-state index contributed by atoms with van der Waals surface area (Å²) in [5, 5.41) is 8.06. The first-order valence-corrected chi connectivity index (χ1v) is 1.37. The van der Waals surface area contributed by atoms with Crippen molar-refractivity contribution in [2.75, 3.05) is 0 Å². The second kappa shape index (κ2) is 1.80. The van der Waals surface area contributed by atoms with Gasteiger partial charge in [-0.2, -0.15) is 0 Å². The maximum atomic E-state index is 8.06. The second-order valence-corrected chi connectivity index (χ2v) is 0.820. The SMILES string of the molecule is [C]#CC(C)O. The Bertz CT molecular complexity index is 49.2. The van der Waals surface area contributed by atoms with Crippen molar-refractivity contribution in [1.29, 1.82) is 0 Å². The fourth-order valence-corrected chi connectivity index (χ4v) is 0. The van der Waals surface area contributed by atoms with Gasteiger partial charge in [0.05, 0.1) is 0 Å². The molecular weight excluding hydrogens is 64.0 g/mol. The predicted molar refractivity (Wildman–Crippen MR) is 18.8 cm³/mol. The van der Waals surface area contributed by atoms with E-state index in [9.17, 15) is 0 Å². The van der Waals surface area contributed by atoms with Crippen molar-refractivity contribution >= 4 is 0 Å². The van der Waals surface area contributed by atoms with E-state index in [-0.39, 0.29) is 0 Å². The molecule has 0 bridgehead atoms. The largest absolute Gasteiger partial charge is 0.381 e. The topological polar surface area (TPSA) is 20.2 Å². The third-order valence-corrected chi connectivity index (χ3v) is 0.209. The highest BCUT2D eigenvalue weighted by Gasteiger charge is 1.76. The highest BCUT2D eigenvalue weighted by molar-refractivity contribution is 4.82. The van der Waals surface area contributed by atoms with E-state index in [4.69, 9.17) is 11.5 Å². The monoisotopic (exact) mass is 69.0 g/mol. The molecule has 27 valence electrons. The van der Waals surface area contributed by atoms with E-state index in [0.717, 1.165) is 0 Å². The lowest BCUT2D eigenvalue weighted by Gasteiger charge is -1.80. The molecule has 1 heteroatoms. The molecule has 1 radical (unpaired) electrons. The highest BCUT2D eigenvalue weighted by atomic mass is 16.3. The lowest BCUT2D eigenvalue weighted by Crippen LogP contribution is -1.90. The molecule has 0 spiro atoms. The third kappa shape index (κ3) is 3.52. The number of aliphatic hydroxyl groups excluding tert-OH is 1. The second-order valence-electron chi connectivity index (χ2n) is 0.820. The minimum Gasteiger partial charge on any atom is -0.381 e. The van der Waals surface area contributed by atoms with Crippen molar-refractivity contribution in [3.05, 3.63) is 6.42 Å².